The van der Waals surface area contributed by atoms with Gasteiger partial charge in [-0.25, -0.2) is 0 Å². The molecule has 0 bridgehead atoms. The van der Waals surface area contributed by atoms with Crippen molar-refractivity contribution in [2.75, 3.05) is 5.32 Å². The molecule has 0 radical (unpaired) electrons. The number of alkyl halides is 3. The lowest BCUT2D eigenvalue weighted by atomic mass is 9.88. The first-order valence-electron chi connectivity index (χ1n) is 10.0. The number of pyridine rings is 1. The molecule has 0 saturated heterocycles. The van der Waals surface area contributed by atoms with E-state index in [4.69, 9.17) is 23.8 Å². The van der Waals surface area contributed by atoms with E-state index < -0.39 is 17.5 Å². The minimum atomic E-state index is -4.50. The number of nitrogens with one attached hydrogen (secondary N) is 1. The van der Waals surface area contributed by atoms with E-state index in [1.54, 1.807) is 35.2 Å². The predicted molar refractivity (Wildman–Crippen MR) is 128 cm³/mol. The van der Waals surface area contributed by atoms with Crippen LogP contribution >= 0.6 is 23.8 Å². The summed E-state index contributed by atoms with van der Waals surface area (Å²) >= 11 is 11.5. The molecule has 0 unspecified atom stereocenters. The van der Waals surface area contributed by atoms with Crippen molar-refractivity contribution >= 4 is 46.0 Å². The van der Waals surface area contributed by atoms with Crippen molar-refractivity contribution in [2.45, 2.75) is 32.4 Å². The topological polar surface area (TPSA) is 39.0 Å². The lowest BCUT2D eigenvalue weighted by molar-refractivity contribution is -0.577. The number of benzene rings is 2. The lowest BCUT2D eigenvalue weighted by Crippen LogP contribution is -2.40. The van der Waals surface area contributed by atoms with Crippen LogP contribution in [0.1, 0.15) is 37.5 Å². The molecule has 1 aromatic heterocycles. The van der Waals surface area contributed by atoms with Crippen molar-refractivity contribution in [1.82, 2.24) is 0 Å². The Morgan fingerprint density at radius 2 is 1.58 bits per heavy atom. The van der Waals surface area contributed by atoms with Gasteiger partial charge in [0, 0.05) is 22.8 Å². The first kappa shape index (κ1) is 24.7. The van der Waals surface area contributed by atoms with Gasteiger partial charge in [-0.1, -0.05) is 62.8 Å². The monoisotopic (exact) mass is 490 g/mol. The number of hydrogen-bond acceptors (Lipinski definition) is 2. The van der Waals surface area contributed by atoms with Gasteiger partial charge in [0.05, 0.1) is 5.56 Å². The van der Waals surface area contributed by atoms with Crippen LogP contribution in [0.2, 0.25) is 5.02 Å². The fraction of sp³-hybridized carbons (Fsp3) is 0.200. The lowest BCUT2D eigenvalue weighted by Gasteiger charge is -2.20. The Hall–Kier alpha value is -2.90. The molecule has 3 rings (SSSR count). The number of aromatic nitrogens is 1. The smallest absolute Gasteiger partial charge is 0.416 e. The van der Waals surface area contributed by atoms with Crippen molar-refractivity contribution in [3.63, 3.8) is 0 Å². The molecule has 1 heterocycles. The summed E-state index contributed by atoms with van der Waals surface area (Å²) in [6.07, 6.45) is -1.09. The molecule has 172 valence electrons. The van der Waals surface area contributed by atoms with Gasteiger partial charge >= 0.3 is 6.18 Å². The highest BCUT2D eigenvalue weighted by atomic mass is 35.5. The predicted octanol–water partition coefficient (Wildman–Crippen LogP) is 6.07. The second kappa shape index (κ2) is 9.53. The van der Waals surface area contributed by atoms with E-state index in [9.17, 15) is 18.3 Å². The number of halogens is 4. The third-order valence-electron chi connectivity index (χ3n) is 4.92. The molecular weight excluding hydrogens is 469 g/mol. The Kier molecular flexibility index (Phi) is 7.14. The SMILES string of the molecule is CC(C)(C)c1cc[n+](C(C(=S)Nc2cccc(C(F)(F)F)c2)=C([O-])c2cccc(Cl)c2)cc1. The molecule has 0 saturated carbocycles. The molecule has 3 aromatic rings. The first-order valence-corrected chi connectivity index (χ1v) is 10.8. The zero-order valence-corrected chi connectivity index (χ0v) is 19.8. The highest BCUT2D eigenvalue weighted by Gasteiger charge is 2.30. The Labute approximate surface area is 201 Å². The van der Waals surface area contributed by atoms with E-state index in [1.807, 2.05) is 12.1 Å². The number of hydrogen-bond donors (Lipinski definition) is 1. The highest BCUT2D eigenvalue weighted by Crippen LogP contribution is 2.31. The molecule has 8 heteroatoms. The van der Waals surface area contributed by atoms with Gasteiger partial charge in [-0.05, 0) is 52.6 Å². The standard InChI is InChI=1S/C25H22ClF3N2OS/c1-24(2,3)17-10-12-31(13-11-17)21(22(32)16-6-4-8-19(26)14-16)23(33)30-20-9-5-7-18(15-20)25(27,28)29/h4-15H,1-3H3,(H-,30,32,33). The van der Waals surface area contributed by atoms with Gasteiger partial charge in [0.25, 0.3) is 0 Å². The normalized spacial score (nSPS) is 12.8. The van der Waals surface area contributed by atoms with Crippen LogP contribution in [0.3, 0.4) is 0 Å². The summed E-state index contributed by atoms with van der Waals surface area (Å²) in [7, 11) is 0. The van der Waals surface area contributed by atoms with Gasteiger partial charge in [0.15, 0.2) is 17.4 Å². The van der Waals surface area contributed by atoms with Crippen LogP contribution in [-0.4, -0.2) is 4.99 Å². The van der Waals surface area contributed by atoms with Crippen molar-refractivity contribution in [3.8, 4) is 0 Å². The Morgan fingerprint density at radius 3 is 2.15 bits per heavy atom. The molecule has 3 nitrogen and oxygen atoms in total. The van der Waals surface area contributed by atoms with Gasteiger partial charge in [-0.2, -0.15) is 17.7 Å². The van der Waals surface area contributed by atoms with Crippen molar-refractivity contribution < 1.29 is 22.8 Å². The van der Waals surface area contributed by atoms with E-state index >= 15 is 0 Å². The summed E-state index contributed by atoms with van der Waals surface area (Å²) in [4.78, 5) is -0.0205. The minimum absolute atomic E-state index is 0.0205. The third-order valence-corrected chi connectivity index (χ3v) is 5.45. The summed E-state index contributed by atoms with van der Waals surface area (Å²) in [5, 5.41) is 16.6. The van der Waals surface area contributed by atoms with E-state index in [-0.39, 0.29) is 21.8 Å². The molecule has 0 atom stereocenters. The van der Waals surface area contributed by atoms with E-state index in [1.165, 1.54) is 18.2 Å². The molecule has 2 aromatic carbocycles. The van der Waals surface area contributed by atoms with E-state index in [0.717, 1.165) is 17.7 Å². The Morgan fingerprint density at radius 1 is 0.939 bits per heavy atom. The maximum absolute atomic E-state index is 13.4. The molecule has 1 N–H and O–H groups in total. The second-order valence-corrected chi connectivity index (χ2v) is 9.31. The quantitative estimate of drug-likeness (QED) is 0.209. The summed E-state index contributed by atoms with van der Waals surface area (Å²) < 4.78 is 40.9. The number of nitrogens with zero attached hydrogens (tertiary/aromatic N) is 1. The zero-order chi connectivity index (χ0) is 24.4. The highest BCUT2D eigenvalue weighted by molar-refractivity contribution is 7.81. The molecule has 0 spiro atoms. The summed E-state index contributed by atoms with van der Waals surface area (Å²) in [6.45, 7) is 6.19. The van der Waals surface area contributed by atoms with Crippen LogP contribution in [0.5, 0.6) is 0 Å². The van der Waals surface area contributed by atoms with E-state index in [0.29, 0.717) is 10.6 Å². The van der Waals surface area contributed by atoms with Crippen molar-refractivity contribution in [3.05, 3.63) is 94.8 Å². The fourth-order valence-electron chi connectivity index (χ4n) is 3.14. The van der Waals surface area contributed by atoms with E-state index in [2.05, 4.69) is 26.1 Å². The van der Waals surface area contributed by atoms with Crippen molar-refractivity contribution in [2.24, 2.45) is 0 Å². The average Bonchev–Trinajstić information content (AvgIpc) is 2.73. The van der Waals surface area contributed by atoms with Crippen LogP contribution in [0.25, 0.3) is 11.5 Å². The molecule has 0 aliphatic rings. The summed E-state index contributed by atoms with van der Waals surface area (Å²) in [5.41, 5.74) is 0.638. The molecule has 0 amide bonds. The van der Waals surface area contributed by atoms with Crippen LogP contribution in [0.4, 0.5) is 18.9 Å². The minimum Gasteiger partial charge on any atom is -0.867 e. The maximum atomic E-state index is 13.4. The Bertz CT molecular complexity index is 1200. The third kappa shape index (κ3) is 6.12. The largest absolute Gasteiger partial charge is 0.867 e. The summed E-state index contributed by atoms with van der Waals surface area (Å²) in [5.74, 6) is -0.421. The van der Waals surface area contributed by atoms with Crippen LogP contribution in [-0.2, 0) is 11.6 Å². The first-order chi connectivity index (χ1) is 15.4. The number of anilines is 1. The molecule has 0 aliphatic carbocycles. The average molecular weight is 491 g/mol. The van der Waals surface area contributed by atoms with Crippen LogP contribution < -0.4 is 15.0 Å². The number of thiocarbonyl (C=S) groups is 1. The zero-order valence-electron chi connectivity index (χ0n) is 18.2. The molecule has 0 fully saturated rings. The Balaban J connectivity index is 2.07. The summed E-state index contributed by atoms with van der Waals surface area (Å²) in [6, 6.07) is 14.8. The van der Waals surface area contributed by atoms with Gasteiger partial charge in [0.1, 0.15) is 0 Å². The molecule has 33 heavy (non-hydrogen) atoms. The molecule has 0 aliphatic heterocycles. The maximum Gasteiger partial charge on any atom is 0.416 e. The number of rotatable bonds is 4. The van der Waals surface area contributed by atoms with Gasteiger partial charge in [-0.3, -0.25) is 0 Å². The van der Waals surface area contributed by atoms with Crippen molar-refractivity contribution in [1.29, 1.82) is 0 Å². The van der Waals surface area contributed by atoms with Crippen LogP contribution in [0.15, 0.2) is 73.1 Å². The van der Waals surface area contributed by atoms with Gasteiger partial charge in [0.2, 0.25) is 5.70 Å². The second-order valence-electron chi connectivity index (χ2n) is 8.46. The molecular formula is C25H22ClF3N2OS. The van der Waals surface area contributed by atoms with Crippen LogP contribution in [0, 0.1) is 0 Å². The van der Waals surface area contributed by atoms with Gasteiger partial charge < -0.3 is 10.4 Å². The fourth-order valence-corrected chi connectivity index (χ4v) is 3.65. The van der Waals surface area contributed by atoms with Gasteiger partial charge in [-0.15, -0.1) is 0 Å².